The average molecular weight is 318 g/mol. The molecule has 1 unspecified atom stereocenters. The fourth-order valence-electron chi connectivity index (χ4n) is 2.65. The summed E-state index contributed by atoms with van der Waals surface area (Å²) in [7, 11) is 0. The van der Waals surface area contributed by atoms with Crippen molar-refractivity contribution < 1.29 is 0 Å². The minimum Gasteiger partial charge on any atom is -0.290 e. The number of benzene rings is 1. The topological polar surface area (TPSA) is 78.5 Å². The minimum absolute atomic E-state index is 0.145. The van der Waals surface area contributed by atoms with Crippen molar-refractivity contribution in [1.29, 1.82) is 0 Å². The Hall–Kier alpha value is -3.35. The Labute approximate surface area is 137 Å². The van der Waals surface area contributed by atoms with Crippen LogP contribution in [0.1, 0.15) is 18.5 Å². The summed E-state index contributed by atoms with van der Waals surface area (Å²) in [4.78, 5) is 25.0. The van der Waals surface area contributed by atoms with Crippen LogP contribution < -0.4 is 5.56 Å². The second kappa shape index (κ2) is 5.69. The maximum atomic E-state index is 12.6. The Bertz CT molecular complexity index is 1040. The zero-order valence-corrected chi connectivity index (χ0v) is 12.9. The lowest BCUT2D eigenvalue weighted by Gasteiger charge is -2.15. The number of pyridine rings is 1. The van der Waals surface area contributed by atoms with E-state index in [9.17, 15) is 4.79 Å². The van der Waals surface area contributed by atoms with Crippen LogP contribution in [0, 0.1) is 0 Å². The van der Waals surface area contributed by atoms with Crippen LogP contribution in [-0.4, -0.2) is 29.3 Å². The maximum Gasteiger partial charge on any atom is 0.280 e. The van der Waals surface area contributed by atoms with E-state index in [2.05, 4.69) is 20.1 Å². The Morgan fingerprint density at radius 1 is 1.04 bits per heavy atom. The number of fused-ring (bicyclic) bond motifs is 1. The Morgan fingerprint density at radius 2 is 1.88 bits per heavy atom. The molecule has 0 bridgehead atoms. The molecule has 1 aromatic carbocycles. The molecular weight excluding hydrogens is 304 g/mol. The molecule has 0 saturated heterocycles. The van der Waals surface area contributed by atoms with Gasteiger partial charge in [-0.15, -0.1) is 0 Å². The molecule has 3 aromatic heterocycles. The minimum atomic E-state index is -0.152. The molecule has 0 N–H and O–H groups in total. The highest BCUT2D eigenvalue weighted by Crippen LogP contribution is 2.18. The van der Waals surface area contributed by atoms with Gasteiger partial charge in [0.1, 0.15) is 12.7 Å². The Balaban J connectivity index is 1.72. The molecule has 0 aliphatic rings. The standard InChI is InChI=1S/C17H14N6O/c1-12(13-4-6-14(7-5-13)23-10-18-9-21-23)22-11-20-15-3-2-8-19-16(15)17(22)24/h2-12H,1H3. The summed E-state index contributed by atoms with van der Waals surface area (Å²) in [6.45, 7) is 1.96. The molecular formula is C17H14N6O. The van der Waals surface area contributed by atoms with E-state index in [1.165, 1.54) is 6.33 Å². The second-order valence-corrected chi connectivity index (χ2v) is 5.44. The van der Waals surface area contributed by atoms with Crippen LogP contribution in [-0.2, 0) is 0 Å². The van der Waals surface area contributed by atoms with Gasteiger partial charge < -0.3 is 0 Å². The number of aromatic nitrogens is 6. The van der Waals surface area contributed by atoms with E-state index >= 15 is 0 Å². The van der Waals surface area contributed by atoms with Gasteiger partial charge in [0, 0.05) is 6.20 Å². The zero-order chi connectivity index (χ0) is 16.5. The summed E-state index contributed by atoms with van der Waals surface area (Å²) >= 11 is 0. The molecule has 0 fully saturated rings. The van der Waals surface area contributed by atoms with Crippen molar-refractivity contribution in [2.75, 3.05) is 0 Å². The first-order valence-corrected chi connectivity index (χ1v) is 7.51. The summed E-state index contributed by atoms with van der Waals surface area (Å²) in [5.41, 5.74) is 2.75. The van der Waals surface area contributed by atoms with Crippen LogP contribution in [0.4, 0.5) is 0 Å². The summed E-state index contributed by atoms with van der Waals surface area (Å²) < 4.78 is 3.28. The van der Waals surface area contributed by atoms with E-state index in [-0.39, 0.29) is 11.6 Å². The van der Waals surface area contributed by atoms with Crippen molar-refractivity contribution in [2.45, 2.75) is 13.0 Å². The highest BCUT2D eigenvalue weighted by molar-refractivity contribution is 5.72. The van der Waals surface area contributed by atoms with E-state index in [1.807, 2.05) is 31.2 Å². The molecule has 0 aliphatic carbocycles. The fraction of sp³-hybridized carbons (Fsp3) is 0.118. The Kier molecular flexibility index (Phi) is 3.38. The van der Waals surface area contributed by atoms with Crippen molar-refractivity contribution in [3.8, 4) is 5.69 Å². The molecule has 0 radical (unpaired) electrons. The van der Waals surface area contributed by atoms with Gasteiger partial charge >= 0.3 is 0 Å². The van der Waals surface area contributed by atoms with Gasteiger partial charge in [-0.1, -0.05) is 12.1 Å². The molecule has 0 saturated carbocycles. The molecule has 4 aromatic rings. The van der Waals surface area contributed by atoms with E-state index in [1.54, 1.807) is 40.2 Å². The first-order chi connectivity index (χ1) is 11.7. The van der Waals surface area contributed by atoms with Crippen LogP contribution in [0.5, 0.6) is 0 Å². The first-order valence-electron chi connectivity index (χ1n) is 7.51. The number of nitrogens with zero attached hydrogens (tertiary/aromatic N) is 6. The van der Waals surface area contributed by atoms with Crippen molar-refractivity contribution in [3.63, 3.8) is 0 Å². The first kappa shape index (κ1) is 14.3. The second-order valence-electron chi connectivity index (χ2n) is 5.44. The van der Waals surface area contributed by atoms with Crippen molar-refractivity contribution in [2.24, 2.45) is 0 Å². The molecule has 0 aliphatic heterocycles. The summed E-state index contributed by atoms with van der Waals surface area (Å²) in [6.07, 6.45) is 6.31. The lowest BCUT2D eigenvalue weighted by molar-refractivity contribution is 0.607. The fourth-order valence-corrected chi connectivity index (χ4v) is 2.65. The molecule has 4 rings (SSSR count). The van der Waals surface area contributed by atoms with Crippen LogP contribution in [0.2, 0.25) is 0 Å². The lowest BCUT2D eigenvalue weighted by Crippen LogP contribution is -2.25. The lowest BCUT2D eigenvalue weighted by atomic mass is 10.1. The van der Waals surface area contributed by atoms with Gasteiger partial charge in [0.05, 0.1) is 23.6 Å². The van der Waals surface area contributed by atoms with Gasteiger partial charge in [-0.3, -0.25) is 9.36 Å². The van der Waals surface area contributed by atoms with Gasteiger partial charge in [0.2, 0.25) is 0 Å². The van der Waals surface area contributed by atoms with Crippen LogP contribution in [0.3, 0.4) is 0 Å². The molecule has 24 heavy (non-hydrogen) atoms. The van der Waals surface area contributed by atoms with Crippen LogP contribution >= 0.6 is 0 Å². The van der Waals surface area contributed by atoms with Gasteiger partial charge in [-0.2, -0.15) is 5.10 Å². The largest absolute Gasteiger partial charge is 0.290 e. The predicted octanol–water partition coefficient (Wildman–Crippen LogP) is 1.98. The molecule has 118 valence electrons. The summed E-state index contributed by atoms with van der Waals surface area (Å²) in [5, 5.41) is 4.10. The summed E-state index contributed by atoms with van der Waals surface area (Å²) in [5.74, 6) is 0. The van der Waals surface area contributed by atoms with E-state index in [0.717, 1.165) is 11.3 Å². The Morgan fingerprint density at radius 3 is 2.62 bits per heavy atom. The van der Waals surface area contributed by atoms with Crippen LogP contribution in [0.15, 0.2) is 66.4 Å². The molecule has 3 heterocycles. The highest BCUT2D eigenvalue weighted by Gasteiger charge is 2.13. The molecule has 1 atom stereocenters. The third-order valence-electron chi connectivity index (χ3n) is 4.02. The van der Waals surface area contributed by atoms with Crippen molar-refractivity contribution in [3.05, 3.63) is 77.5 Å². The van der Waals surface area contributed by atoms with Gasteiger partial charge in [-0.25, -0.2) is 19.6 Å². The average Bonchev–Trinajstić information content (AvgIpc) is 3.17. The van der Waals surface area contributed by atoms with E-state index in [4.69, 9.17) is 0 Å². The maximum absolute atomic E-state index is 12.6. The zero-order valence-electron chi connectivity index (χ0n) is 12.9. The number of hydrogen-bond acceptors (Lipinski definition) is 5. The van der Waals surface area contributed by atoms with E-state index in [0.29, 0.717) is 11.0 Å². The van der Waals surface area contributed by atoms with Crippen LogP contribution in [0.25, 0.3) is 16.7 Å². The predicted molar refractivity (Wildman–Crippen MR) is 89.0 cm³/mol. The third kappa shape index (κ3) is 2.36. The smallest absolute Gasteiger partial charge is 0.280 e. The van der Waals surface area contributed by atoms with Gasteiger partial charge in [0.15, 0.2) is 5.52 Å². The SMILES string of the molecule is CC(c1ccc(-n2cncn2)cc1)n1cnc2cccnc2c1=O. The van der Waals surface area contributed by atoms with Crippen molar-refractivity contribution >= 4 is 11.0 Å². The summed E-state index contributed by atoms with van der Waals surface area (Å²) in [6, 6.07) is 11.2. The molecule has 0 amide bonds. The van der Waals surface area contributed by atoms with Gasteiger partial charge in [-0.05, 0) is 36.8 Å². The number of hydrogen-bond donors (Lipinski definition) is 0. The molecule has 7 heteroatoms. The third-order valence-corrected chi connectivity index (χ3v) is 4.02. The van der Waals surface area contributed by atoms with E-state index < -0.39 is 0 Å². The molecule has 0 spiro atoms. The van der Waals surface area contributed by atoms with Gasteiger partial charge in [0.25, 0.3) is 5.56 Å². The quantitative estimate of drug-likeness (QED) is 0.577. The molecule has 7 nitrogen and oxygen atoms in total. The normalized spacial score (nSPS) is 12.4. The monoisotopic (exact) mass is 318 g/mol. The number of rotatable bonds is 3. The van der Waals surface area contributed by atoms with Crippen molar-refractivity contribution in [1.82, 2.24) is 29.3 Å². The highest BCUT2D eigenvalue weighted by atomic mass is 16.1.